The molecular formula is C25H27Cl2F3N4O. The zero-order chi connectivity index (χ0) is 25.5. The van der Waals surface area contributed by atoms with E-state index in [1.165, 1.54) is 0 Å². The zero-order valence-corrected chi connectivity index (χ0v) is 21.4. The molecule has 0 unspecified atom stereocenters. The minimum Gasteiger partial charge on any atom is -0.336 e. The Morgan fingerprint density at radius 3 is 2.43 bits per heavy atom. The number of aryl methyl sites for hydroxylation is 2. The van der Waals surface area contributed by atoms with E-state index >= 15 is 0 Å². The highest BCUT2D eigenvalue weighted by Gasteiger charge is 2.32. The van der Waals surface area contributed by atoms with Gasteiger partial charge in [-0.25, -0.2) is 4.98 Å². The predicted molar refractivity (Wildman–Crippen MR) is 132 cm³/mol. The molecule has 1 aromatic heterocycles. The van der Waals surface area contributed by atoms with Crippen LogP contribution in [0.3, 0.4) is 0 Å². The Bertz CT molecular complexity index is 1260. The molecule has 35 heavy (non-hydrogen) atoms. The molecule has 0 aliphatic carbocycles. The van der Waals surface area contributed by atoms with Crippen LogP contribution in [0, 0.1) is 6.92 Å². The van der Waals surface area contributed by atoms with Crippen LogP contribution in [0.5, 0.6) is 0 Å². The van der Waals surface area contributed by atoms with Crippen LogP contribution in [0.15, 0.2) is 24.3 Å². The van der Waals surface area contributed by atoms with Crippen molar-refractivity contribution in [1.82, 2.24) is 19.4 Å². The lowest BCUT2D eigenvalue weighted by molar-refractivity contribution is -0.137. The van der Waals surface area contributed by atoms with Gasteiger partial charge in [-0.1, -0.05) is 30.1 Å². The summed E-state index contributed by atoms with van der Waals surface area (Å²) < 4.78 is 41.6. The molecule has 10 heteroatoms. The first-order valence-corrected chi connectivity index (χ1v) is 12.3. The molecule has 1 aliphatic rings. The van der Waals surface area contributed by atoms with Gasteiger partial charge in [0.15, 0.2) is 0 Å². The highest BCUT2D eigenvalue weighted by Crippen LogP contribution is 2.35. The Morgan fingerprint density at radius 1 is 1.11 bits per heavy atom. The summed E-state index contributed by atoms with van der Waals surface area (Å²) in [6, 6.07) is 5.46. The van der Waals surface area contributed by atoms with Crippen LogP contribution in [0.25, 0.3) is 11.0 Å². The molecule has 0 radical (unpaired) electrons. The number of alkyl halides is 3. The lowest BCUT2D eigenvalue weighted by Crippen LogP contribution is -2.48. The maximum atomic E-state index is 13.3. The van der Waals surface area contributed by atoms with E-state index in [2.05, 4.69) is 16.8 Å². The molecule has 1 fully saturated rings. The van der Waals surface area contributed by atoms with E-state index in [1.807, 2.05) is 0 Å². The minimum absolute atomic E-state index is 0.153. The molecule has 2 heterocycles. The number of hydrogen-bond acceptors (Lipinski definition) is 3. The summed E-state index contributed by atoms with van der Waals surface area (Å²) in [6.07, 6.45) is -3.21. The number of piperazine rings is 1. The first-order chi connectivity index (χ1) is 16.5. The van der Waals surface area contributed by atoms with Crippen molar-refractivity contribution in [2.75, 3.05) is 32.7 Å². The SMILES string of the molecule is CCCN1CCN(C(=O)c2ccc(Cl)c(Cc3nc4c(C)cc(C(F)(F)F)cc4n3C)c2Cl)CC1. The van der Waals surface area contributed by atoms with Crippen molar-refractivity contribution in [2.45, 2.75) is 32.9 Å². The van der Waals surface area contributed by atoms with Gasteiger partial charge in [0, 0.05) is 44.7 Å². The monoisotopic (exact) mass is 526 g/mol. The summed E-state index contributed by atoms with van der Waals surface area (Å²) in [4.78, 5) is 21.9. The number of aromatic nitrogens is 2. The topological polar surface area (TPSA) is 41.4 Å². The van der Waals surface area contributed by atoms with Crippen LogP contribution >= 0.6 is 23.2 Å². The number of carbonyl (C=O) groups is 1. The number of hydrogen-bond donors (Lipinski definition) is 0. The lowest BCUT2D eigenvalue weighted by Gasteiger charge is -2.34. The molecule has 0 spiro atoms. The molecule has 0 atom stereocenters. The van der Waals surface area contributed by atoms with Crippen LogP contribution < -0.4 is 0 Å². The summed E-state index contributed by atoms with van der Waals surface area (Å²) in [5, 5.41) is 0.623. The molecule has 1 saturated heterocycles. The Hall–Kier alpha value is -2.29. The number of halogens is 5. The van der Waals surface area contributed by atoms with E-state index in [1.54, 1.807) is 35.6 Å². The first-order valence-electron chi connectivity index (χ1n) is 11.5. The van der Waals surface area contributed by atoms with Crippen LogP contribution in [-0.2, 0) is 19.6 Å². The highest BCUT2D eigenvalue weighted by atomic mass is 35.5. The van der Waals surface area contributed by atoms with E-state index in [0.29, 0.717) is 51.7 Å². The quantitative estimate of drug-likeness (QED) is 0.411. The van der Waals surface area contributed by atoms with E-state index in [9.17, 15) is 18.0 Å². The molecule has 0 saturated carbocycles. The molecule has 2 aromatic carbocycles. The summed E-state index contributed by atoms with van der Waals surface area (Å²) in [5.74, 6) is 0.351. The smallest absolute Gasteiger partial charge is 0.336 e. The molecule has 5 nitrogen and oxygen atoms in total. The molecular weight excluding hydrogens is 500 g/mol. The molecule has 0 N–H and O–H groups in total. The van der Waals surface area contributed by atoms with Gasteiger partial charge >= 0.3 is 6.18 Å². The Kier molecular flexibility index (Phi) is 7.36. The summed E-state index contributed by atoms with van der Waals surface area (Å²) in [5.41, 5.74) is 1.46. The fraction of sp³-hybridized carbons (Fsp3) is 0.440. The fourth-order valence-corrected chi connectivity index (χ4v) is 5.16. The largest absolute Gasteiger partial charge is 0.416 e. The van der Waals surface area contributed by atoms with E-state index in [-0.39, 0.29) is 17.4 Å². The van der Waals surface area contributed by atoms with Crippen molar-refractivity contribution in [1.29, 1.82) is 0 Å². The summed E-state index contributed by atoms with van der Waals surface area (Å²) in [6.45, 7) is 7.63. The van der Waals surface area contributed by atoms with Crippen LogP contribution in [0.1, 0.15) is 46.2 Å². The third-order valence-electron chi connectivity index (χ3n) is 6.55. The molecule has 0 bridgehead atoms. The third kappa shape index (κ3) is 5.15. The van der Waals surface area contributed by atoms with Crippen molar-refractivity contribution in [3.8, 4) is 0 Å². The molecule has 1 aliphatic heterocycles. The number of nitrogens with zero attached hydrogens (tertiary/aromatic N) is 4. The average Bonchev–Trinajstić information content (AvgIpc) is 3.12. The number of fused-ring (bicyclic) bond motifs is 1. The number of benzene rings is 2. The highest BCUT2D eigenvalue weighted by molar-refractivity contribution is 6.38. The van der Waals surface area contributed by atoms with Gasteiger partial charge in [-0.3, -0.25) is 9.69 Å². The third-order valence-corrected chi connectivity index (χ3v) is 7.33. The van der Waals surface area contributed by atoms with Crippen LogP contribution in [0.2, 0.25) is 10.0 Å². The fourth-order valence-electron chi connectivity index (χ4n) is 4.57. The van der Waals surface area contributed by atoms with Gasteiger partial charge in [0.25, 0.3) is 5.91 Å². The maximum absolute atomic E-state index is 13.3. The average molecular weight is 527 g/mol. The standard InChI is InChI=1S/C25H27Cl2F3N4O/c1-4-7-33-8-10-34(11-9-33)24(35)17-5-6-19(26)18(22(17)27)14-21-31-23-15(2)12-16(25(28,29)30)13-20(23)32(21)3/h5-6,12-13H,4,7-11,14H2,1-3H3. The van der Waals surface area contributed by atoms with Gasteiger partial charge < -0.3 is 9.47 Å². The van der Waals surface area contributed by atoms with Crippen molar-refractivity contribution < 1.29 is 18.0 Å². The number of imidazole rings is 1. The maximum Gasteiger partial charge on any atom is 0.416 e. The molecule has 4 rings (SSSR count). The van der Waals surface area contributed by atoms with Gasteiger partial charge in [-0.15, -0.1) is 0 Å². The number of amides is 1. The second kappa shape index (κ2) is 9.99. The van der Waals surface area contributed by atoms with Gasteiger partial charge in [0.1, 0.15) is 5.82 Å². The van der Waals surface area contributed by atoms with E-state index < -0.39 is 11.7 Å². The van der Waals surface area contributed by atoms with Gasteiger partial charge in [0.05, 0.1) is 27.2 Å². The lowest BCUT2D eigenvalue weighted by atomic mass is 10.1. The number of rotatable bonds is 5. The first kappa shape index (κ1) is 25.8. The summed E-state index contributed by atoms with van der Waals surface area (Å²) >= 11 is 13.2. The Balaban J connectivity index is 1.64. The van der Waals surface area contributed by atoms with Gasteiger partial charge in [0.2, 0.25) is 0 Å². The zero-order valence-electron chi connectivity index (χ0n) is 19.8. The van der Waals surface area contributed by atoms with E-state index in [0.717, 1.165) is 38.2 Å². The van der Waals surface area contributed by atoms with Crippen LogP contribution in [-0.4, -0.2) is 58.0 Å². The second-order valence-electron chi connectivity index (χ2n) is 8.94. The van der Waals surface area contributed by atoms with Crippen LogP contribution in [0.4, 0.5) is 13.2 Å². The normalized spacial score (nSPS) is 15.3. The Morgan fingerprint density at radius 2 is 1.80 bits per heavy atom. The second-order valence-corrected chi connectivity index (χ2v) is 9.73. The predicted octanol–water partition coefficient (Wildman–Crippen LogP) is 5.97. The Labute approximate surface area is 212 Å². The van der Waals surface area contributed by atoms with Crippen molar-refractivity contribution >= 4 is 40.1 Å². The van der Waals surface area contributed by atoms with Gasteiger partial charge in [-0.05, 0) is 55.3 Å². The molecule has 188 valence electrons. The van der Waals surface area contributed by atoms with Crippen molar-refractivity contribution in [3.05, 3.63) is 62.4 Å². The van der Waals surface area contributed by atoms with Crippen molar-refractivity contribution in [2.24, 2.45) is 7.05 Å². The molecule has 3 aromatic rings. The minimum atomic E-state index is -4.45. The van der Waals surface area contributed by atoms with Gasteiger partial charge in [-0.2, -0.15) is 13.2 Å². The van der Waals surface area contributed by atoms with Crippen molar-refractivity contribution in [3.63, 3.8) is 0 Å². The van der Waals surface area contributed by atoms with E-state index in [4.69, 9.17) is 23.2 Å². The summed E-state index contributed by atoms with van der Waals surface area (Å²) in [7, 11) is 1.66. The molecule has 1 amide bonds. The number of carbonyl (C=O) groups excluding carboxylic acids is 1.